The van der Waals surface area contributed by atoms with Crippen molar-refractivity contribution in [2.24, 2.45) is 0 Å². The summed E-state index contributed by atoms with van der Waals surface area (Å²) < 4.78 is 0. The van der Waals surface area contributed by atoms with Crippen molar-refractivity contribution in [1.82, 2.24) is 0 Å². The maximum absolute atomic E-state index is 10.5. The van der Waals surface area contributed by atoms with Crippen LogP contribution in [0.15, 0.2) is 24.3 Å². The minimum Gasteiger partial charge on any atom is -0.388 e. The average Bonchev–Trinajstić information content (AvgIpc) is 2.61. The Morgan fingerprint density at radius 3 is 3.00 bits per heavy atom. The van der Waals surface area contributed by atoms with Gasteiger partial charge in [0, 0.05) is 12.1 Å². The molecule has 1 aliphatic heterocycles. The molecule has 0 amide bonds. The molecule has 2 atom stereocenters. The van der Waals surface area contributed by atoms with Crippen molar-refractivity contribution in [3.8, 4) is 0 Å². The third-order valence-corrected chi connectivity index (χ3v) is 3.02. The fourth-order valence-electron chi connectivity index (χ4n) is 1.98. The highest BCUT2D eigenvalue weighted by molar-refractivity contribution is 5.59. The van der Waals surface area contributed by atoms with Gasteiger partial charge >= 0.3 is 0 Å². The van der Waals surface area contributed by atoms with Crippen molar-refractivity contribution < 1.29 is 9.90 Å². The van der Waals surface area contributed by atoms with Gasteiger partial charge in [-0.15, -0.1) is 0 Å². The van der Waals surface area contributed by atoms with Crippen molar-refractivity contribution in [1.29, 1.82) is 0 Å². The number of carbonyl (C=O) groups is 1. The number of carbonyl (C=O) groups excluding carboxylic acids is 1. The SMILES string of the molecule is CC(O)(CC=O)C1Cc2ccccc2N1. The molecule has 0 aliphatic carbocycles. The van der Waals surface area contributed by atoms with E-state index < -0.39 is 5.60 Å². The summed E-state index contributed by atoms with van der Waals surface area (Å²) in [6.07, 6.45) is 1.71. The van der Waals surface area contributed by atoms with Gasteiger partial charge in [-0.2, -0.15) is 0 Å². The van der Waals surface area contributed by atoms with Gasteiger partial charge in [0.2, 0.25) is 0 Å². The number of rotatable bonds is 3. The second-order valence-corrected chi connectivity index (χ2v) is 4.29. The minimum absolute atomic E-state index is 0.0694. The molecule has 1 aromatic rings. The van der Waals surface area contributed by atoms with E-state index in [4.69, 9.17) is 0 Å². The van der Waals surface area contributed by atoms with E-state index in [0.717, 1.165) is 18.4 Å². The maximum Gasteiger partial charge on any atom is 0.122 e. The number of aldehydes is 1. The number of aliphatic hydroxyl groups is 1. The third kappa shape index (κ3) is 1.88. The van der Waals surface area contributed by atoms with Gasteiger partial charge in [0.25, 0.3) is 0 Å². The lowest BCUT2D eigenvalue weighted by atomic mass is 9.91. The summed E-state index contributed by atoms with van der Waals surface area (Å²) in [5.41, 5.74) is 1.29. The van der Waals surface area contributed by atoms with Gasteiger partial charge in [0.05, 0.1) is 11.6 Å². The zero-order chi connectivity index (χ0) is 10.9. The number of para-hydroxylation sites is 1. The lowest BCUT2D eigenvalue weighted by Crippen LogP contribution is -2.43. The Morgan fingerprint density at radius 2 is 2.33 bits per heavy atom. The number of fused-ring (bicyclic) bond motifs is 1. The van der Waals surface area contributed by atoms with Gasteiger partial charge in [-0.1, -0.05) is 18.2 Å². The maximum atomic E-state index is 10.5. The second-order valence-electron chi connectivity index (χ2n) is 4.29. The molecular formula is C12H15NO2. The monoisotopic (exact) mass is 205 g/mol. The molecule has 0 radical (unpaired) electrons. The summed E-state index contributed by atoms with van der Waals surface area (Å²) in [7, 11) is 0. The Labute approximate surface area is 89.1 Å². The van der Waals surface area contributed by atoms with Crippen molar-refractivity contribution in [2.75, 3.05) is 5.32 Å². The quantitative estimate of drug-likeness (QED) is 0.733. The van der Waals surface area contributed by atoms with Gasteiger partial charge in [-0.25, -0.2) is 0 Å². The number of nitrogens with one attached hydrogen (secondary N) is 1. The largest absolute Gasteiger partial charge is 0.388 e. The van der Waals surface area contributed by atoms with E-state index in [0.29, 0.717) is 0 Å². The van der Waals surface area contributed by atoms with Crippen LogP contribution in [0, 0.1) is 0 Å². The Bertz CT molecular complexity index is 349. The van der Waals surface area contributed by atoms with Gasteiger partial charge in [-0.05, 0) is 25.0 Å². The molecule has 2 N–H and O–H groups in total. The second kappa shape index (κ2) is 3.66. The summed E-state index contributed by atoms with van der Waals surface area (Å²) in [5.74, 6) is 0. The van der Waals surface area contributed by atoms with Gasteiger partial charge in [0.15, 0.2) is 0 Å². The molecule has 3 nitrogen and oxygen atoms in total. The highest BCUT2D eigenvalue weighted by Gasteiger charge is 2.35. The van der Waals surface area contributed by atoms with E-state index in [1.54, 1.807) is 6.92 Å². The topological polar surface area (TPSA) is 49.3 Å². The van der Waals surface area contributed by atoms with Crippen LogP contribution in [0.2, 0.25) is 0 Å². The Hall–Kier alpha value is -1.35. The lowest BCUT2D eigenvalue weighted by molar-refractivity contribution is -0.112. The smallest absolute Gasteiger partial charge is 0.122 e. The molecule has 1 aromatic carbocycles. The minimum atomic E-state index is -0.971. The van der Waals surface area contributed by atoms with Crippen LogP contribution >= 0.6 is 0 Å². The molecule has 2 rings (SSSR count). The van der Waals surface area contributed by atoms with E-state index in [-0.39, 0.29) is 12.5 Å². The predicted molar refractivity (Wildman–Crippen MR) is 58.9 cm³/mol. The first kappa shape index (κ1) is 10.2. The fourth-order valence-corrected chi connectivity index (χ4v) is 1.98. The number of benzene rings is 1. The average molecular weight is 205 g/mol. The van der Waals surface area contributed by atoms with Crippen LogP contribution in [0.5, 0.6) is 0 Å². The zero-order valence-electron chi connectivity index (χ0n) is 8.73. The molecule has 0 fully saturated rings. The Kier molecular flexibility index (Phi) is 2.49. The molecule has 2 unspecified atom stereocenters. The van der Waals surface area contributed by atoms with Crippen LogP contribution < -0.4 is 5.32 Å². The van der Waals surface area contributed by atoms with Gasteiger partial charge in [-0.3, -0.25) is 0 Å². The Morgan fingerprint density at radius 1 is 1.60 bits per heavy atom. The van der Waals surface area contributed by atoms with E-state index in [9.17, 15) is 9.90 Å². The first-order valence-corrected chi connectivity index (χ1v) is 5.14. The first-order chi connectivity index (χ1) is 7.13. The van der Waals surface area contributed by atoms with Crippen molar-refractivity contribution in [2.45, 2.75) is 31.4 Å². The normalized spacial score (nSPS) is 22.7. The molecular weight excluding hydrogens is 190 g/mol. The summed E-state index contributed by atoms with van der Waals surface area (Å²) >= 11 is 0. The summed E-state index contributed by atoms with van der Waals surface area (Å²) in [5, 5.41) is 13.3. The van der Waals surface area contributed by atoms with Gasteiger partial charge in [0.1, 0.15) is 6.29 Å². The molecule has 1 heterocycles. The van der Waals surface area contributed by atoms with Gasteiger partial charge < -0.3 is 15.2 Å². The number of anilines is 1. The molecule has 1 aliphatic rings. The molecule has 0 bridgehead atoms. The molecule has 0 aromatic heterocycles. The van der Waals surface area contributed by atoms with Crippen LogP contribution in [-0.4, -0.2) is 23.0 Å². The summed E-state index contributed by atoms with van der Waals surface area (Å²) in [4.78, 5) is 10.5. The number of hydrogen-bond acceptors (Lipinski definition) is 3. The molecule has 0 saturated heterocycles. The molecule has 80 valence electrons. The summed E-state index contributed by atoms with van der Waals surface area (Å²) in [6, 6.07) is 7.91. The fraction of sp³-hybridized carbons (Fsp3) is 0.417. The van der Waals surface area contributed by atoms with E-state index in [2.05, 4.69) is 5.32 Å². The summed E-state index contributed by atoms with van der Waals surface area (Å²) in [6.45, 7) is 1.70. The lowest BCUT2D eigenvalue weighted by Gasteiger charge is -2.28. The predicted octanol–water partition coefficient (Wildman–Crippen LogP) is 1.36. The molecule has 3 heteroatoms. The number of hydrogen-bond donors (Lipinski definition) is 2. The van der Waals surface area contributed by atoms with Crippen molar-refractivity contribution in [3.63, 3.8) is 0 Å². The van der Waals surface area contributed by atoms with Crippen LogP contribution in [0.4, 0.5) is 5.69 Å². The van der Waals surface area contributed by atoms with Crippen LogP contribution in [-0.2, 0) is 11.2 Å². The molecule has 15 heavy (non-hydrogen) atoms. The van der Waals surface area contributed by atoms with Crippen molar-refractivity contribution >= 4 is 12.0 Å². The van der Waals surface area contributed by atoms with Crippen LogP contribution in [0.3, 0.4) is 0 Å². The third-order valence-electron chi connectivity index (χ3n) is 3.02. The van der Waals surface area contributed by atoms with Crippen molar-refractivity contribution in [3.05, 3.63) is 29.8 Å². The standard InChI is InChI=1S/C12H15NO2/c1-12(15,6-7-14)11-8-9-4-2-3-5-10(9)13-11/h2-5,7,11,13,15H,6,8H2,1H3. The zero-order valence-corrected chi connectivity index (χ0v) is 8.73. The first-order valence-electron chi connectivity index (χ1n) is 5.14. The highest BCUT2D eigenvalue weighted by Crippen LogP contribution is 2.31. The van der Waals surface area contributed by atoms with E-state index in [1.165, 1.54) is 5.56 Å². The van der Waals surface area contributed by atoms with E-state index in [1.807, 2.05) is 24.3 Å². The van der Waals surface area contributed by atoms with Crippen LogP contribution in [0.1, 0.15) is 18.9 Å². The molecule has 0 spiro atoms. The van der Waals surface area contributed by atoms with Crippen LogP contribution in [0.25, 0.3) is 0 Å². The Balaban J connectivity index is 2.16. The molecule has 0 saturated carbocycles. The van der Waals surface area contributed by atoms with E-state index >= 15 is 0 Å². The highest BCUT2D eigenvalue weighted by atomic mass is 16.3.